The number of hydrogen-bond acceptors (Lipinski definition) is 5. The number of sulfonamides is 1. The number of benzene rings is 3. The topological polar surface area (TPSA) is 96.0 Å². The summed E-state index contributed by atoms with van der Waals surface area (Å²) < 4.78 is 34.3. The molecule has 0 fully saturated rings. The predicted octanol–water partition coefficient (Wildman–Crippen LogP) is 5.23. The van der Waals surface area contributed by atoms with Gasteiger partial charge < -0.3 is 15.0 Å². The molecule has 0 saturated heterocycles. The number of hydrogen-bond donors (Lipinski definition) is 1. The van der Waals surface area contributed by atoms with Gasteiger partial charge in [0, 0.05) is 12.1 Å². The summed E-state index contributed by atoms with van der Waals surface area (Å²) in [5.74, 6) is -0.232. The first-order valence-corrected chi connectivity index (χ1v) is 15.1. The Bertz CT molecular complexity index is 1430. The summed E-state index contributed by atoms with van der Waals surface area (Å²) in [6.45, 7) is 11.0. The maximum Gasteiger partial charge on any atom is 0.264 e. The molecule has 2 amide bonds. The molecule has 0 bridgehead atoms. The lowest BCUT2D eigenvalue weighted by Gasteiger charge is -2.34. The number of rotatable bonds is 11. The van der Waals surface area contributed by atoms with Crippen molar-refractivity contribution in [3.05, 3.63) is 89.5 Å². The molecule has 0 spiro atoms. The van der Waals surface area contributed by atoms with E-state index in [1.54, 1.807) is 36.4 Å². The largest absolute Gasteiger partial charge is 0.497 e. The second kappa shape index (κ2) is 13.2. The molecule has 41 heavy (non-hydrogen) atoms. The first-order chi connectivity index (χ1) is 19.2. The normalized spacial score (nSPS) is 12.4. The van der Waals surface area contributed by atoms with Crippen LogP contribution < -0.4 is 14.4 Å². The molecule has 8 nitrogen and oxygen atoms in total. The van der Waals surface area contributed by atoms with Gasteiger partial charge in [-0.2, -0.15) is 0 Å². The SMILES string of the molecule is CC[C@H](C(=O)NC(C)(C)C)N(Cc1ccc(C)cc1)C(=O)CN(c1ccc(OC)cc1)S(=O)(=O)c1ccc(C)cc1. The molecule has 0 unspecified atom stereocenters. The summed E-state index contributed by atoms with van der Waals surface area (Å²) in [7, 11) is -2.61. The number of aryl methyl sites for hydroxylation is 2. The van der Waals surface area contributed by atoms with E-state index in [1.807, 2.05) is 65.8 Å². The van der Waals surface area contributed by atoms with Gasteiger partial charge in [0.2, 0.25) is 11.8 Å². The predicted molar refractivity (Wildman–Crippen MR) is 162 cm³/mol. The Morgan fingerprint density at radius 3 is 1.90 bits per heavy atom. The molecule has 9 heteroatoms. The Balaban J connectivity index is 2.07. The summed E-state index contributed by atoms with van der Waals surface area (Å²) in [6.07, 6.45) is 0.354. The molecule has 0 aliphatic heterocycles. The van der Waals surface area contributed by atoms with Gasteiger partial charge in [0.05, 0.1) is 17.7 Å². The number of anilines is 1. The molecular weight excluding hydrogens is 538 g/mol. The van der Waals surface area contributed by atoms with E-state index in [9.17, 15) is 18.0 Å². The first-order valence-electron chi connectivity index (χ1n) is 13.7. The minimum Gasteiger partial charge on any atom is -0.497 e. The van der Waals surface area contributed by atoms with E-state index >= 15 is 0 Å². The monoisotopic (exact) mass is 579 g/mol. The standard InChI is InChI=1S/C32H41N3O5S/c1-8-29(31(37)33-32(4,5)6)34(21-25-13-9-23(2)10-14-25)30(36)22-35(26-15-17-27(40-7)18-16-26)41(38,39)28-19-11-24(3)12-20-28/h9-20,29H,8,21-22H2,1-7H3,(H,33,37)/t29-/m1/s1. The van der Waals surface area contributed by atoms with E-state index in [2.05, 4.69) is 5.32 Å². The van der Waals surface area contributed by atoms with Crippen LogP contribution in [0.15, 0.2) is 77.7 Å². The van der Waals surface area contributed by atoms with E-state index in [0.29, 0.717) is 17.9 Å². The number of amides is 2. The fourth-order valence-electron chi connectivity index (χ4n) is 4.38. The van der Waals surface area contributed by atoms with Crippen LogP contribution >= 0.6 is 0 Å². The molecule has 3 aromatic carbocycles. The van der Waals surface area contributed by atoms with Crippen molar-refractivity contribution in [2.45, 2.75) is 71.0 Å². The molecule has 0 heterocycles. The van der Waals surface area contributed by atoms with Crippen LogP contribution in [0.1, 0.15) is 50.8 Å². The summed E-state index contributed by atoms with van der Waals surface area (Å²) in [5.41, 5.74) is 2.62. The van der Waals surface area contributed by atoms with Crippen molar-refractivity contribution in [1.82, 2.24) is 10.2 Å². The van der Waals surface area contributed by atoms with E-state index in [1.165, 1.54) is 24.1 Å². The molecule has 0 radical (unpaired) electrons. The molecule has 1 atom stereocenters. The average Bonchev–Trinajstić information content (AvgIpc) is 2.92. The van der Waals surface area contributed by atoms with Crippen molar-refractivity contribution in [1.29, 1.82) is 0 Å². The zero-order chi connectivity index (χ0) is 30.4. The van der Waals surface area contributed by atoms with Gasteiger partial charge in [-0.25, -0.2) is 8.42 Å². The van der Waals surface area contributed by atoms with Crippen LogP contribution in [0.4, 0.5) is 5.69 Å². The van der Waals surface area contributed by atoms with E-state index in [4.69, 9.17) is 4.74 Å². The molecule has 0 aliphatic rings. The van der Waals surface area contributed by atoms with Crippen molar-refractivity contribution in [3.63, 3.8) is 0 Å². The molecule has 220 valence electrons. The van der Waals surface area contributed by atoms with Crippen molar-refractivity contribution in [2.24, 2.45) is 0 Å². The second-order valence-electron chi connectivity index (χ2n) is 11.2. The highest BCUT2D eigenvalue weighted by Crippen LogP contribution is 2.27. The van der Waals surface area contributed by atoms with Gasteiger partial charge in [-0.15, -0.1) is 0 Å². The third-order valence-corrected chi connectivity index (χ3v) is 8.39. The van der Waals surface area contributed by atoms with Crippen LogP contribution in [0, 0.1) is 13.8 Å². The molecule has 0 aromatic heterocycles. The van der Waals surface area contributed by atoms with E-state index in [0.717, 1.165) is 21.0 Å². The van der Waals surface area contributed by atoms with Gasteiger partial charge in [-0.1, -0.05) is 54.4 Å². The van der Waals surface area contributed by atoms with Crippen molar-refractivity contribution in [3.8, 4) is 5.75 Å². The Morgan fingerprint density at radius 2 is 1.41 bits per heavy atom. The summed E-state index contributed by atoms with van der Waals surface area (Å²) in [6, 6.07) is 19.9. The Labute approximate surface area is 244 Å². The molecule has 0 saturated carbocycles. The minimum atomic E-state index is -4.13. The Hall–Kier alpha value is -3.85. The van der Waals surface area contributed by atoms with Crippen LogP contribution in [0.25, 0.3) is 0 Å². The summed E-state index contributed by atoms with van der Waals surface area (Å²) in [5, 5.41) is 2.98. The number of methoxy groups -OCH3 is 1. The highest BCUT2D eigenvalue weighted by atomic mass is 32.2. The van der Waals surface area contributed by atoms with Crippen LogP contribution in [0.5, 0.6) is 5.75 Å². The highest BCUT2D eigenvalue weighted by Gasteiger charge is 2.34. The van der Waals surface area contributed by atoms with Crippen molar-refractivity contribution < 1.29 is 22.7 Å². The fraction of sp³-hybridized carbons (Fsp3) is 0.375. The lowest BCUT2D eigenvalue weighted by Crippen LogP contribution is -2.55. The van der Waals surface area contributed by atoms with Crippen molar-refractivity contribution in [2.75, 3.05) is 18.0 Å². The number of ether oxygens (including phenoxy) is 1. The van der Waals surface area contributed by atoms with Crippen LogP contribution in [0.2, 0.25) is 0 Å². The minimum absolute atomic E-state index is 0.0642. The van der Waals surface area contributed by atoms with Crippen LogP contribution in [-0.2, 0) is 26.2 Å². The van der Waals surface area contributed by atoms with Gasteiger partial charge in [0.25, 0.3) is 10.0 Å². The van der Waals surface area contributed by atoms with Crippen LogP contribution in [-0.4, -0.2) is 50.4 Å². The maximum atomic E-state index is 14.1. The number of nitrogens with one attached hydrogen (secondary N) is 1. The van der Waals surface area contributed by atoms with E-state index in [-0.39, 0.29) is 17.3 Å². The second-order valence-corrected chi connectivity index (χ2v) is 13.1. The molecule has 1 N–H and O–H groups in total. The smallest absolute Gasteiger partial charge is 0.264 e. The zero-order valence-electron chi connectivity index (χ0n) is 25.0. The third-order valence-electron chi connectivity index (χ3n) is 6.61. The molecule has 3 aromatic rings. The zero-order valence-corrected chi connectivity index (χ0v) is 25.8. The van der Waals surface area contributed by atoms with Crippen LogP contribution in [0.3, 0.4) is 0 Å². The Morgan fingerprint density at radius 1 is 0.878 bits per heavy atom. The van der Waals surface area contributed by atoms with Gasteiger partial charge in [0.1, 0.15) is 18.3 Å². The fourth-order valence-corrected chi connectivity index (χ4v) is 5.79. The van der Waals surface area contributed by atoms with Gasteiger partial charge >= 0.3 is 0 Å². The number of carbonyl (C=O) groups excluding carboxylic acids is 2. The summed E-state index contributed by atoms with van der Waals surface area (Å²) in [4.78, 5) is 29.1. The Kier molecular flexibility index (Phi) is 10.2. The number of nitrogens with zero attached hydrogens (tertiary/aromatic N) is 2. The molecular formula is C32H41N3O5S. The average molecular weight is 580 g/mol. The van der Waals surface area contributed by atoms with Gasteiger partial charge in [0.15, 0.2) is 0 Å². The summed E-state index contributed by atoms with van der Waals surface area (Å²) >= 11 is 0. The maximum absolute atomic E-state index is 14.1. The molecule has 0 aliphatic carbocycles. The third kappa shape index (κ3) is 8.33. The van der Waals surface area contributed by atoms with E-state index < -0.39 is 34.1 Å². The van der Waals surface area contributed by atoms with Gasteiger partial charge in [-0.3, -0.25) is 13.9 Å². The van der Waals surface area contributed by atoms with Crippen molar-refractivity contribution >= 4 is 27.5 Å². The quantitative estimate of drug-likeness (QED) is 0.336. The lowest BCUT2D eigenvalue weighted by atomic mass is 10.1. The number of carbonyl (C=O) groups is 2. The van der Waals surface area contributed by atoms with Gasteiger partial charge in [-0.05, 0) is 83.0 Å². The highest BCUT2D eigenvalue weighted by molar-refractivity contribution is 7.92. The molecule has 3 rings (SSSR count). The lowest BCUT2D eigenvalue weighted by molar-refractivity contribution is -0.141. The first kappa shape index (κ1) is 31.7.